The van der Waals surface area contributed by atoms with E-state index >= 15 is 0 Å². The minimum Gasteiger partial charge on any atom is -0.311 e. The van der Waals surface area contributed by atoms with Gasteiger partial charge in [-0.1, -0.05) is 27.2 Å². The first kappa shape index (κ1) is 14.4. The van der Waals surface area contributed by atoms with Gasteiger partial charge in [0.2, 0.25) is 0 Å². The van der Waals surface area contributed by atoms with Crippen molar-refractivity contribution in [1.29, 1.82) is 0 Å². The zero-order valence-electron chi connectivity index (χ0n) is 12.5. The largest absolute Gasteiger partial charge is 0.311 e. The van der Waals surface area contributed by atoms with E-state index in [1.165, 1.54) is 25.7 Å². The second kappa shape index (κ2) is 6.99. The summed E-state index contributed by atoms with van der Waals surface area (Å²) in [6.45, 7) is 8.64. The van der Waals surface area contributed by atoms with Gasteiger partial charge in [0.05, 0.1) is 5.69 Å². The third-order valence-corrected chi connectivity index (χ3v) is 4.07. The van der Waals surface area contributed by atoms with Crippen molar-refractivity contribution in [3.05, 3.63) is 23.8 Å². The normalized spacial score (nSPS) is 23.2. The van der Waals surface area contributed by atoms with E-state index in [2.05, 4.69) is 31.1 Å². The molecule has 106 valence electrons. The molecular formula is C16H27N3. The Morgan fingerprint density at radius 1 is 1.37 bits per heavy atom. The first-order valence-electron chi connectivity index (χ1n) is 7.71. The molecule has 0 saturated heterocycles. The van der Waals surface area contributed by atoms with Gasteiger partial charge in [0, 0.05) is 18.7 Å². The topological polar surface area (TPSA) is 37.8 Å². The summed E-state index contributed by atoms with van der Waals surface area (Å²) < 4.78 is 0. The molecule has 0 amide bonds. The Labute approximate surface area is 117 Å². The Balaban J connectivity index is 1.92. The lowest BCUT2D eigenvalue weighted by Gasteiger charge is -2.11. The minimum atomic E-state index is 0.593. The maximum absolute atomic E-state index is 4.75. The monoisotopic (exact) mass is 261 g/mol. The summed E-state index contributed by atoms with van der Waals surface area (Å²) in [4.78, 5) is 9.24. The number of hydrogen-bond acceptors (Lipinski definition) is 3. The van der Waals surface area contributed by atoms with Crippen molar-refractivity contribution in [2.45, 2.75) is 58.9 Å². The standard InChI is InChI=1S/C16H27N3/c1-4-13-5-6-14(9-13)16-18-8-7-15(19-16)11-17-10-12(2)3/h7-8,12-14,17H,4-6,9-11H2,1-3H3. The van der Waals surface area contributed by atoms with Gasteiger partial charge in [0.1, 0.15) is 5.82 Å². The number of aromatic nitrogens is 2. The summed E-state index contributed by atoms with van der Waals surface area (Å²) in [5.74, 6) is 3.23. The predicted octanol–water partition coefficient (Wildman–Crippen LogP) is 3.52. The van der Waals surface area contributed by atoms with Crippen molar-refractivity contribution in [2.75, 3.05) is 6.54 Å². The van der Waals surface area contributed by atoms with Crippen molar-refractivity contribution in [3.8, 4) is 0 Å². The van der Waals surface area contributed by atoms with Crippen LogP contribution in [0.4, 0.5) is 0 Å². The molecule has 0 spiro atoms. The van der Waals surface area contributed by atoms with Crippen LogP contribution in [0.5, 0.6) is 0 Å². The molecule has 0 aromatic carbocycles. The molecule has 1 fully saturated rings. The molecule has 19 heavy (non-hydrogen) atoms. The van der Waals surface area contributed by atoms with Crippen LogP contribution >= 0.6 is 0 Å². The molecule has 1 aromatic rings. The number of nitrogens with zero attached hydrogens (tertiary/aromatic N) is 2. The highest BCUT2D eigenvalue weighted by Crippen LogP contribution is 2.38. The summed E-state index contributed by atoms with van der Waals surface area (Å²) in [6.07, 6.45) is 7.11. The summed E-state index contributed by atoms with van der Waals surface area (Å²) >= 11 is 0. The van der Waals surface area contributed by atoms with Crippen molar-refractivity contribution in [1.82, 2.24) is 15.3 Å². The molecule has 2 atom stereocenters. The fourth-order valence-electron chi connectivity index (χ4n) is 2.88. The molecule has 1 aromatic heterocycles. The highest BCUT2D eigenvalue weighted by molar-refractivity contribution is 5.07. The van der Waals surface area contributed by atoms with Crippen LogP contribution in [0.25, 0.3) is 0 Å². The van der Waals surface area contributed by atoms with Crippen LogP contribution in [0.15, 0.2) is 12.3 Å². The summed E-state index contributed by atoms with van der Waals surface area (Å²) in [5, 5.41) is 3.45. The van der Waals surface area contributed by atoms with Gasteiger partial charge in [-0.3, -0.25) is 0 Å². The van der Waals surface area contributed by atoms with Gasteiger partial charge in [0.15, 0.2) is 0 Å². The molecule has 1 aliphatic carbocycles. The Bertz CT molecular complexity index is 389. The Kier molecular flexibility index (Phi) is 5.32. The molecule has 1 heterocycles. The van der Waals surface area contributed by atoms with E-state index in [9.17, 15) is 0 Å². The zero-order chi connectivity index (χ0) is 13.7. The predicted molar refractivity (Wildman–Crippen MR) is 78.9 cm³/mol. The molecule has 2 rings (SSSR count). The van der Waals surface area contributed by atoms with E-state index in [4.69, 9.17) is 4.98 Å². The van der Waals surface area contributed by atoms with Crippen LogP contribution in [0, 0.1) is 11.8 Å². The fourth-order valence-corrected chi connectivity index (χ4v) is 2.88. The van der Waals surface area contributed by atoms with E-state index in [0.717, 1.165) is 30.5 Å². The molecule has 0 bridgehead atoms. The number of hydrogen-bond donors (Lipinski definition) is 1. The third kappa shape index (κ3) is 4.27. The van der Waals surface area contributed by atoms with Crippen LogP contribution < -0.4 is 5.32 Å². The average Bonchev–Trinajstić information content (AvgIpc) is 2.87. The lowest BCUT2D eigenvalue weighted by atomic mass is 10.0. The van der Waals surface area contributed by atoms with Crippen molar-refractivity contribution >= 4 is 0 Å². The molecule has 3 nitrogen and oxygen atoms in total. The van der Waals surface area contributed by atoms with Crippen LogP contribution in [0.2, 0.25) is 0 Å². The Morgan fingerprint density at radius 3 is 2.89 bits per heavy atom. The van der Waals surface area contributed by atoms with E-state index in [1.54, 1.807) is 0 Å². The Morgan fingerprint density at radius 2 is 2.21 bits per heavy atom. The maximum atomic E-state index is 4.75. The van der Waals surface area contributed by atoms with Gasteiger partial charge in [-0.05, 0) is 43.7 Å². The summed E-state index contributed by atoms with van der Waals surface area (Å²) in [5.41, 5.74) is 1.13. The lowest BCUT2D eigenvalue weighted by molar-refractivity contribution is 0.514. The molecule has 0 radical (unpaired) electrons. The molecule has 1 aliphatic rings. The van der Waals surface area contributed by atoms with Gasteiger partial charge < -0.3 is 5.32 Å². The van der Waals surface area contributed by atoms with Gasteiger partial charge in [-0.15, -0.1) is 0 Å². The molecule has 1 saturated carbocycles. The van der Waals surface area contributed by atoms with E-state index in [0.29, 0.717) is 11.8 Å². The second-order valence-electron chi connectivity index (χ2n) is 6.22. The number of rotatable bonds is 6. The summed E-state index contributed by atoms with van der Waals surface area (Å²) in [6, 6.07) is 2.03. The second-order valence-corrected chi connectivity index (χ2v) is 6.22. The van der Waals surface area contributed by atoms with Crippen LogP contribution in [0.3, 0.4) is 0 Å². The highest BCUT2D eigenvalue weighted by atomic mass is 14.9. The quantitative estimate of drug-likeness (QED) is 0.851. The smallest absolute Gasteiger partial charge is 0.131 e. The van der Waals surface area contributed by atoms with Gasteiger partial charge >= 0.3 is 0 Å². The lowest BCUT2D eigenvalue weighted by Crippen LogP contribution is -2.20. The number of nitrogens with one attached hydrogen (secondary N) is 1. The van der Waals surface area contributed by atoms with Gasteiger partial charge in [-0.25, -0.2) is 9.97 Å². The van der Waals surface area contributed by atoms with Crippen molar-refractivity contribution < 1.29 is 0 Å². The van der Waals surface area contributed by atoms with Crippen molar-refractivity contribution in [2.24, 2.45) is 11.8 Å². The summed E-state index contributed by atoms with van der Waals surface area (Å²) in [7, 11) is 0. The average molecular weight is 261 g/mol. The highest BCUT2D eigenvalue weighted by Gasteiger charge is 2.26. The van der Waals surface area contributed by atoms with E-state index < -0.39 is 0 Å². The molecule has 1 N–H and O–H groups in total. The van der Waals surface area contributed by atoms with E-state index in [-0.39, 0.29) is 0 Å². The fraction of sp³-hybridized carbons (Fsp3) is 0.750. The first-order chi connectivity index (χ1) is 9.19. The maximum Gasteiger partial charge on any atom is 0.131 e. The van der Waals surface area contributed by atoms with Gasteiger partial charge in [0.25, 0.3) is 0 Å². The molecule has 3 heteroatoms. The van der Waals surface area contributed by atoms with Crippen LogP contribution in [-0.2, 0) is 6.54 Å². The minimum absolute atomic E-state index is 0.593. The van der Waals surface area contributed by atoms with Crippen molar-refractivity contribution in [3.63, 3.8) is 0 Å². The van der Waals surface area contributed by atoms with Gasteiger partial charge in [-0.2, -0.15) is 0 Å². The molecule has 2 unspecified atom stereocenters. The van der Waals surface area contributed by atoms with Crippen LogP contribution in [-0.4, -0.2) is 16.5 Å². The zero-order valence-corrected chi connectivity index (χ0v) is 12.5. The van der Waals surface area contributed by atoms with Crippen LogP contribution in [0.1, 0.15) is 63.9 Å². The Hall–Kier alpha value is -0.960. The SMILES string of the molecule is CCC1CCC(c2nccc(CNCC(C)C)n2)C1. The first-order valence-corrected chi connectivity index (χ1v) is 7.71. The van der Waals surface area contributed by atoms with E-state index in [1.807, 2.05) is 12.3 Å². The third-order valence-electron chi connectivity index (χ3n) is 4.07. The molecule has 0 aliphatic heterocycles. The molecular weight excluding hydrogens is 234 g/mol.